The predicted molar refractivity (Wildman–Crippen MR) is 83.2 cm³/mol. The van der Waals surface area contributed by atoms with Crippen LogP contribution in [0.25, 0.3) is 11.0 Å². The Morgan fingerprint density at radius 3 is 2.81 bits per heavy atom. The van der Waals surface area contributed by atoms with E-state index in [2.05, 4.69) is 5.32 Å². The fourth-order valence-corrected chi connectivity index (χ4v) is 2.06. The van der Waals surface area contributed by atoms with Crippen LogP contribution in [0.2, 0.25) is 0 Å². The van der Waals surface area contributed by atoms with E-state index in [4.69, 9.17) is 14.9 Å². The first kappa shape index (κ1) is 15.4. The van der Waals surface area contributed by atoms with E-state index in [1.54, 1.807) is 24.3 Å². The van der Waals surface area contributed by atoms with Crippen LogP contribution in [0.4, 0.5) is 5.69 Å². The maximum Gasteiger partial charge on any atom is 0.287 e. The van der Waals surface area contributed by atoms with Crippen molar-refractivity contribution < 1.29 is 13.9 Å². The van der Waals surface area contributed by atoms with Crippen molar-refractivity contribution in [1.82, 2.24) is 5.32 Å². The van der Waals surface area contributed by atoms with E-state index in [1.165, 1.54) is 0 Å². The number of carbonyl (C=O) groups is 1. The van der Waals surface area contributed by atoms with Crippen LogP contribution < -0.4 is 11.1 Å². The highest BCUT2D eigenvalue weighted by Crippen LogP contribution is 2.22. The molecule has 0 saturated heterocycles. The smallest absolute Gasteiger partial charge is 0.287 e. The van der Waals surface area contributed by atoms with E-state index in [0.717, 1.165) is 5.39 Å². The number of furan rings is 1. The summed E-state index contributed by atoms with van der Waals surface area (Å²) in [6.07, 6.45) is 0. The second-order valence-corrected chi connectivity index (χ2v) is 5.39. The minimum absolute atomic E-state index is 0.0456. The average molecular weight is 290 g/mol. The summed E-state index contributed by atoms with van der Waals surface area (Å²) in [6, 6.07) is 6.96. The second-order valence-electron chi connectivity index (χ2n) is 5.39. The Morgan fingerprint density at radius 1 is 1.38 bits per heavy atom. The molecule has 0 aliphatic carbocycles. The van der Waals surface area contributed by atoms with Crippen molar-refractivity contribution >= 4 is 22.6 Å². The van der Waals surface area contributed by atoms with Crippen LogP contribution in [0, 0.1) is 5.92 Å². The first-order valence-corrected chi connectivity index (χ1v) is 7.19. The number of amides is 1. The molecule has 1 aromatic heterocycles. The zero-order valence-corrected chi connectivity index (χ0v) is 12.7. The van der Waals surface area contributed by atoms with E-state index in [-0.39, 0.29) is 23.6 Å². The monoisotopic (exact) mass is 290 g/mol. The molecule has 2 aromatic rings. The number of hydrogen-bond acceptors (Lipinski definition) is 4. The molecule has 0 bridgehead atoms. The zero-order valence-electron chi connectivity index (χ0n) is 12.7. The third kappa shape index (κ3) is 3.76. The van der Waals surface area contributed by atoms with Crippen LogP contribution in [0.1, 0.15) is 31.3 Å². The number of anilines is 1. The van der Waals surface area contributed by atoms with Gasteiger partial charge in [-0.05, 0) is 37.1 Å². The standard InChI is InChI=1S/C16H22N2O3/c1-4-20-9-13(10(2)3)18-16(19)15-8-11-7-12(17)5-6-14(11)21-15/h5-8,10,13H,4,9,17H2,1-3H3,(H,18,19). The Labute approximate surface area is 124 Å². The first-order chi connectivity index (χ1) is 10.0. The molecule has 5 heteroatoms. The summed E-state index contributed by atoms with van der Waals surface area (Å²) in [4.78, 5) is 12.3. The van der Waals surface area contributed by atoms with Gasteiger partial charge in [0.15, 0.2) is 5.76 Å². The summed E-state index contributed by atoms with van der Waals surface area (Å²) in [7, 11) is 0. The van der Waals surface area contributed by atoms with E-state index in [0.29, 0.717) is 24.5 Å². The van der Waals surface area contributed by atoms with E-state index in [9.17, 15) is 4.79 Å². The summed E-state index contributed by atoms with van der Waals surface area (Å²) in [5.41, 5.74) is 7.02. The van der Waals surface area contributed by atoms with Gasteiger partial charge < -0.3 is 20.2 Å². The Hall–Kier alpha value is -2.01. The molecule has 0 saturated carbocycles. The molecular weight excluding hydrogens is 268 g/mol. The van der Waals surface area contributed by atoms with Crippen LogP contribution in [-0.4, -0.2) is 25.2 Å². The van der Waals surface area contributed by atoms with Gasteiger partial charge in [-0.3, -0.25) is 4.79 Å². The maximum absolute atomic E-state index is 12.3. The van der Waals surface area contributed by atoms with Gasteiger partial charge in [-0.1, -0.05) is 13.8 Å². The normalized spacial score (nSPS) is 12.8. The van der Waals surface area contributed by atoms with Gasteiger partial charge in [0.05, 0.1) is 12.6 Å². The first-order valence-electron chi connectivity index (χ1n) is 7.19. The molecule has 0 fully saturated rings. The summed E-state index contributed by atoms with van der Waals surface area (Å²) in [5.74, 6) is 0.335. The lowest BCUT2D eigenvalue weighted by molar-refractivity contribution is 0.0785. The molecule has 3 N–H and O–H groups in total. The molecule has 0 spiro atoms. The predicted octanol–water partition coefficient (Wildman–Crippen LogP) is 2.81. The van der Waals surface area contributed by atoms with Gasteiger partial charge in [-0.2, -0.15) is 0 Å². The second kappa shape index (κ2) is 6.63. The Morgan fingerprint density at radius 2 is 2.14 bits per heavy atom. The van der Waals surface area contributed by atoms with Gasteiger partial charge in [-0.25, -0.2) is 0 Å². The third-order valence-corrected chi connectivity index (χ3v) is 3.39. The Bertz CT molecular complexity index is 619. The zero-order chi connectivity index (χ0) is 15.4. The van der Waals surface area contributed by atoms with E-state index < -0.39 is 0 Å². The molecule has 114 valence electrons. The van der Waals surface area contributed by atoms with Gasteiger partial charge in [0.25, 0.3) is 5.91 Å². The van der Waals surface area contributed by atoms with Crippen LogP contribution in [0.3, 0.4) is 0 Å². The molecular formula is C16H22N2O3. The van der Waals surface area contributed by atoms with Gasteiger partial charge in [-0.15, -0.1) is 0 Å². The summed E-state index contributed by atoms with van der Waals surface area (Å²) < 4.78 is 11.0. The molecule has 0 aliphatic rings. The molecule has 2 rings (SSSR count). The van der Waals surface area contributed by atoms with Crippen molar-refractivity contribution in [2.24, 2.45) is 5.92 Å². The topological polar surface area (TPSA) is 77.5 Å². The number of hydrogen-bond donors (Lipinski definition) is 2. The van der Waals surface area contributed by atoms with E-state index in [1.807, 2.05) is 20.8 Å². The molecule has 21 heavy (non-hydrogen) atoms. The van der Waals surface area contributed by atoms with Crippen molar-refractivity contribution in [3.8, 4) is 0 Å². The fraction of sp³-hybridized carbons (Fsp3) is 0.438. The van der Waals surface area contributed by atoms with Crippen LogP contribution in [0.5, 0.6) is 0 Å². The van der Waals surface area contributed by atoms with Gasteiger partial charge >= 0.3 is 0 Å². The van der Waals surface area contributed by atoms with Crippen molar-refractivity contribution in [2.75, 3.05) is 18.9 Å². The molecule has 1 amide bonds. The van der Waals surface area contributed by atoms with Crippen molar-refractivity contribution in [3.63, 3.8) is 0 Å². The van der Waals surface area contributed by atoms with Crippen LogP contribution >= 0.6 is 0 Å². The Kier molecular flexibility index (Phi) is 4.85. The molecule has 0 aliphatic heterocycles. The number of fused-ring (bicyclic) bond motifs is 1. The van der Waals surface area contributed by atoms with Crippen molar-refractivity contribution in [2.45, 2.75) is 26.8 Å². The van der Waals surface area contributed by atoms with Gasteiger partial charge in [0.1, 0.15) is 5.58 Å². The number of carbonyl (C=O) groups excluding carboxylic acids is 1. The molecule has 0 radical (unpaired) electrons. The fourth-order valence-electron chi connectivity index (χ4n) is 2.06. The quantitative estimate of drug-likeness (QED) is 0.802. The van der Waals surface area contributed by atoms with Crippen LogP contribution in [0.15, 0.2) is 28.7 Å². The van der Waals surface area contributed by atoms with Crippen molar-refractivity contribution in [1.29, 1.82) is 0 Å². The largest absolute Gasteiger partial charge is 0.451 e. The molecule has 5 nitrogen and oxygen atoms in total. The van der Waals surface area contributed by atoms with Gasteiger partial charge in [0.2, 0.25) is 0 Å². The third-order valence-electron chi connectivity index (χ3n) is 3.39. The highest BCUT2D eigenvalue weighted by Gasteiger charge is 2.19. The summed E-state index contributed by atoms with van der Waals surface area (Å²) in [5, 5.41) is 3.78. The number of nitrogens with two attached hydrogens (primary N) is 1. The lowest BCUT2D eigenvalue weighted by Gasteiger charge is -2.21. The molecule has 1 aromatic carbocycles. The Balaban J connectivity index is 2.13. The summed E-state index contributed by atoms with van der Waals surface area (Å²) >= 11 is 0. The van der Waals surface area contributed by atoms with E-state index >= 15 is 0 Å². The van der Waals surface area contributed by atoms with Crippen LogP contribution in [-0.2, 0) is 4.74 Å². The molecule has 1 unspecified atom stereocenters. The lowest BCUT2D eigenvalue weighted by atomic mass is 10.1. The minimum atomic E-state index is -0.233. The average Bonchev–Trinajstić information content (AvgIpc) is 2.85. The SMILES string of the molecule is CCOCC(NC(=O)c1cc2cc(N)ccc2o1)C(C)C. The minimum Gasteiger partial charge on any atom is -0.451 e. The molecule has 1 heterocycles. The highest BCUT2D eigenvalue weighted by molar-refractivity contribution is 5.96. The van der Waals surface area contributed by atoms with Gasteiger partial charge in [0, 0.05) is 17.7 Å². The molecule has 1 atom stereocenters. The van der Waals surface area contributed by atoms with Crippen molar-refractivity contribution in [3.05, 3.63) is 30.0 Å². The number of rotatable bonds is 6. The maximum atomic E-state index is 12.3. The summed E-state index contributed by atoms with van der Waals surface area (Å²) in [6.45, 7) is 7.14. The lowest BCUT2D eigenvalue weighted by Crippen LogP contribution is -2.41. The number of nitrogens with one attached hydrogen (secondary N) is 1. The highest BCUT2D eigenvalue weighted by atomic mass is 16.5. The number of benzene rings is 1. The number of nitrogen functional groups attached to an aromatic ring is 1. The number of ether oxygens (including phenoxy) is 1.